The summed E-state index contributed by atoms with van der Waals surface area (Å²) in [5, 5.41) is 6.66. The first kappa shape index (κ1) is 22.2. The third-order valence-electron chi connectivity index (χ3n) is 4.65. The first-order valence-corrected chi connectivity index (χ1v) is 9.57. The molecule has 28 heavy (non-hydrogen) atoms. The largest absolute Gasteiger partial charge is 0.326 e. The molecule has 0 bridgehead atoms. The predicted octanol–water partition coefficient (Wildman–Crippen LogP) is 4.18. The molecule has 5 nitrogen and oxygen atoms in total. The normalized spacial score (nSPS) is 12.9. The van der Waals surface area contributed by atoms with E-state index in [1.807, 2.05) is 49.5 Å². The molecule has 3 rings (SSSR count). The van der Waals surface area contributed by atoms with Crippen LogP contribution in [0.25, 0.3) is 0 Å². The molecule has 0 saturated carbocycles. The van der Waals surface area contributed by atoms with Crippen molar-refractivity contribution in [1.29, 1.82) is 0 Å². The maximum absolute atomic E-state index is 12.5. The maximum Gasteiger partial charge on any atom is 0.227 e. The summed E-state index contributed by atoms with van der Waals surface area (Å²) in [6.45, 7) is 1.33. The van der Waals surface area contributed by atoms with Crippen molar-refractivity contribution >= 4 is 47.2 Å². The molecule has 1 aliphatic heterocycles. The topological polar surface area (TPSA) is 61.4 Å². The van der Waals surface area contributed by atoms with Gasteiger partial charge in [0.2, 0.25) is 11.8 Å². The van der Waals surface area contributed by atoms with Gasteiger partial charge in [0.1, 0.15) is 0 Å². The van der Waals surface area contributed by atoms with Crippen LogP contribution in [0.15, 0.2) is 42.5 Å². The van der Waals surface area contributed by atoms with Crippen LogP contribution in [-0.4, -0.2) is 25.4 Å². The summed E-state index contributed by atoms with van der Waals surface area (Å²) < 4.78 is 0. The molecule has 0 unspecified atom stereocenters. The van der Waals surface area contributed by atoms with Crippen molar-refractivity contribution in [2.24, 2.45) is 0 Å². The highest BCUT2D eigenvalue weighted by atomic mass is 35.5. The van der Waals surface area contributed by atoms with E-state index in [1.54, 1.807) is 4.90 Å². The van der Waals surface area contributed by atoms with Gasteiger partial charge >= 0.3 is 0 Å². The zero-order chi connectivity index (χ0) is 19.2. The van der Waals surface area contributed by atoms with Crippen molar-refractivity contribution < 1.29 is 9.59 Å². The minimum absolute atomic E-state index is 0. The lowest BCUT2D eigenvalue weighted by molar-refractivity contribution is -0.119. The number of fused-ring (bicyclic) bond motifs is 1. The molecule has 2 amide bonds. The Morgan fingerprint density at radius 1 is 1.14 bits per heavy atom. The van der Waals surface area contributed by atoms with E-state index in [0.717, 1.165) is 35.5 Å². The van der Waals surface area contributed by atoms with E-state index in [-0.39, 0.29) is 24.2 Å². The van der Waals surface area contributed by atoms with Gasteiger partial charge in [0.05, 0.1) is 6.54 Å². The third-order valence-corrected chi connectivity index (χ3v) is 4.90. The van der Waals surface area contributed by atoms with Gasteiger partial charge in [-0.15, -0.1) is 12.4 Å². The lowest BCUT2D eigenvalue weighted by atomic mass is 9.99. The summed E-state index contributed by atoms with van der Waals surface area (Å²) in [4.78, 5) is 26.3. The summed E-state index contributed by atoms with van der Waals surface area (Å²) >= 11 is 5.94. The number of halogens is 2. The van der Waals surface area contributed by atoms with Crippen LogP contribution in [0.5, 0.6) is 0 Å². The molecule has 150 valence electrons. The molecule has 0 fully saturated rings. The number of hydrogen-bond donors (Lipinski definition) is 2. The number of nitrogens with zero attached hydrogens (tertiary/aromatic N) is 1. The second kappa shape index (κ2) is 10.5. The Morgan fingerprint density at radius 3 is 2.61 bits per heavy atom. The zero-order valence-corrected chi connectivity index (χ0v) is 17.4. The molecule has 0 radical (unpaired) electrons. The average Bonchev–Trinajstić information content (AvgIpc) is 2.66. The summed E-state index contributed by atoms with van der Waals surface area (Å²) in [7, 11) is 1.87. The van der Waals surface area contributed by atoms with Gasteiger partial charge in [0, 0.05) is 29.2 Å². The summed E-state index contributed by atoms with van der Waals surface area (Å²) in [5.74, 6) is 0.122. The molecular weight excluding hydrogens is 397 g/mol. The van der Waals surface area contributed by atoms with Gasteiger partial charge in [0.15, 0.2) is 0 Å². The van der Waals surface area contributed by atoms with Gasteiger partial charge in [0.25, 0.3) is 0 Å². The molecule has 2 aromatic rings. The molecule has 1 aliphatic rings. The monoisotopic (exact) mass is 421 g/mol. The van der Waals surface area contributed by atoms with Crippen LogP contribution in [0.4, 0.5) is 11.4 Å². The van der Waals surface area contributed by atoms with Gasteiger partial charge in [-0.3, -0.25) is 9.59 Å². The summed E-state index contributed by atoms with van der Waals surface area (Å²) in [6.07, 6.45) is 2.45. The molecule has 0 saturated heterocycles. The van der Waals surface area contributed by atoms with E-state index in [2.05, 4.69) is 10.6 Å². The van der Waals surface area contributed by atoms with Gasteiger partial charge < -0.3 is 15.5 Å². The van der Waals surface area contributed by atoms with Gasteiger partial charge in [-0.2, -0.15) is 0 Å². The van der Waals surface area contributed by atoms with E-state index in [4.69, 9.17) is 11.6 Å². The SMILES string of the molecule is CNCCCC(=O)Nc1ccc2c(c1)CCC(=O)N2Cc1ccc(Cl)cc1.Cl. The number of amides is 2. The molecule has 0 spiro atoms. The first-order chi connectivity index (χ1) is 13.1. The summed E-state index contributed by atoms with van der Waals surface area (Å²) in [5.41, 5.74) is 3.80. The molecular formula is C21H25Cl2N3O2. The van der Waals surface area contributed by atoms with E-state index < -0.39 is 0 Å². The fourth-order valence-corrected chi connectivity index (χ4v) is 3.36. The van der Waals surface area contributed by atoms with Crippen molar-refractivity contribution in [3.63, 3.8) is 0 Å². The van der Waals surface area contributed by atoms with Crippen molar-refractivity contribution in [2.75, 3.05) is 23.8 Å². The lowest BCUT2D eigenvalue weighted by Gasteiger charge is -2.30. The highest BCUT2D eigenvalue weighted by molar-refractivity contribution is 6.30. The van der Waals surface area contributed by atoms with E-state index in [0.29, 0.717) is 30.8 Å². The molecule has 2 aromatic carbocycles. The number of aryl methyl sites for hydroxylation is 1. The number of carbonyl (C=O) groups excluding carboxylic acids is 2. The molecule has 0 aromatic heterocycles. The molecule has 2 N–H and O–H groups in total. The van der Waals surface area contributed by atoms with Crippen LogP contribution in [0, 0.1) is 0 Å². The van der Waals surface area contributed by atoms with Gasteiger partial charge in [-0.1, -0.05) is 23.7 Å². The van der Waals surface area contributed by atoms with E-state index in [1.165, 1.54) is 0 Å². The zero-order valence-electron chi connectivity index (χ0n) is 15.8. The van der Waals surface area contributed by atoms with Crippen LogP contribution < -0.4 is 15.5 Å². The number of carbonyl (C=O) groups is 2. The smallest absolute Gasteiger partial charge is 0.227 e. The highest BCUT2D eigenvalue weighted by Crippen LogP contribution is 2.31. The van der Waals surface area contributed by atoms with Crippen molar-refractivity contribution in [3.8, 4) is 0 Å². The van der Waals surface area contributed by atoms with Crippen LogP contribution in [0.3, 0.4) is 0 Å². The molecule has 0 atom stereocenters. The number of nitrogens with one attached hydrogen (secondary N) is 2. The number of anilines is 2. The standard InChI is InChI=1S/C21H24ClN3O2.ClH/c1-23-12-2-3-20(26)24-18-9-10-19-16(13-18)6-11-21(27)25(19)14-15-4-7-17(22)8-5-15;/h4-5,7-10,13,23H,2-3,6,11-12,14H2,1H3,(H,24,26);1H. The van der Waals surface area contributed by atoms with Crippen molar-refractivity contribution in [1.82, 2.24) is 5.32 Å². The second-order valence-electron chi connectivity index (χ2n) is 6.71. The van der Waals surface area contributed by atoms with E-state index in [9.17, 15) is 9.59 Å². The summed E-state index contributed by atoms with van der Waals surface area (Å²) in [6, 6.07) is 13.3. The van der Waals surface area contributed by atoms with Crippen LogP contribution in [0.2, 0.25) is 5.02 Å². The van der Waals surface area contributed by atoms with Gasteiger partial charge in [-0.05, 0) is 67.9 Å². The Bertz CT molecular complexity index is 825. The second-order valence-corrected chi connectivity index (χ2v) is 7.14. The van der Waals surface area contributed by atoms with E-state index >= 15 is 0 Å². The lowest BCUT2D eigenvalue weighted by Crippen LogP contribution is -2.34. The highest BCUT2D eigenvalue weighted by Gasteiger charge is 2.24. The Labute approximate surface area is 176 Å². The fourth-order valence-electron chi connectivity index (χ4n) is 3.23. The van der Waals surface area contributed by atoms with Crippen molar-refractivity contribution in [3.05, 3.63) is 58.6 Å². The van der Waals surface area contributed by atoms with Crippen molar-refractivity contribution in [2.45, 2.75) is 32.2 Å². The fraction of sp³-hybridized carbons (Fsp3) is 0.333. The Kier molecular flexibility index (Phi) is 8.30. The van der Waals surface area contributed by atoms with Gasteiger partial charge in [-0.25, -0.2) is 0 Å². The Balaban J connectivity index is 0.00000280. The first-order valence-electron chi connectivity index (χ1n) is 9.19. The minimum Gasteiger partial charge on any atom is -0.326 e. The number of rotatable bonds is 7. The number of benzene rings is 2. The van der Waals surface area contributed by atoms with Crippen LogP contribution >= 0.6 is 24.0 Å². The predicted molar refractivity (Wildman–Crippen MR) is 116 cm³/mol. The average molecular weight is 422 g/mol. The van der Waals surface area contributed by atoms with Crippen LogP contribution in [0.1, 0.15) is 30.4 Å². The quantitative estimate of drug-likeness (QED) is 0.659. The Hall–Kier alpha value is -2.08. The Morgan fingerprint density at radius 2 is 1.89 bits per heavy atom. The number of hydrogen-bond acceptors (Lipinski definition) is 3. The minimum atomic E-state index is 0. The van der Waals surface area contributed by atoms with Crippen LogP contribution in [-0.2, 0) is 22.6 Å². The molecule has 0 aliphatic carbocycles. The maximum atomic E-state index is 12.5. The molecule has 1 heterocycles. The molecule has 7 heteroatoms. The third kappa shape index (κ3) is 5.71.